The van der Waals surface area contributed by atoms with Crippen LogP contribution in [0.4, 0.5) is 4.39 Å². The fourth-order valence-corrected chi connectivity index (χ4v) is 4.23. The van der Waals surface area contributed by atoms with E-state index >= 15 is 0 Å². The number of fused-ring (bicyclic) bond motifs is 2. The number of likely N-dealkylation sites (tertiary alicyclic amines) is 1. The first-order chi connectivity index (χ1) is 10.4. The molecule has 1 heterocycles. The van der Waals surface area contributed by atoms with Crippen molar-refractivity contribution in [1.29, 1.82) is 0 Å². The van der Waals surface area contributed by atoms with Gasteiger partial charge in [-0.3, -0.25) is 0 Å². The highest BCUT2D eigenvalue weighted by molar-refractivity contribution is 5.38. The first-order valence-electron chi connectivity index (χ1n) is 8.89. The molecule has 2 heteroatoms. The Kier molecular flexibility index (Phi) is 4.33. The van der Waals surface area contributed by atoms with E-state index in [-0.39, 0.29) is 11.2 Å². The molecule has 0 bridgehead atoms. The average Bonchev–Trinajstić information content (AvgIpc) is 2.47. The van der Waals surface area contributed by atoms with E-state index in [1.165, 1.54) is 62.9 Å². The van der Waals surface area contributed by atoms with Crippen molar-refractivity contribution in [3.05, 3.63) is 35.1 Å². The SMILES string of the molecule is CC(C)(C)CCN1CCC2(CCCc3ccc(F)cc32)CC1. The molecule has 0 saturated carbocycles. The zero-order valence-corrected chi connectivity index (χ0v) is 14.4. The summed E-state index contributed by atoms with van der Waals surface area (Å²) in [5.41, 5.74) is 3.40. The number of piperidine rings is 1. The van der Waals surface area contributed by atoms with Gasteiger partial charge in [-0.2, -0.15) is 0 Å². The molecule has 1 fully saturated rings. The molecule has 3 rings (SSSR count). The molecule has 22 heavy (non-hydrogen) atoms. The van der Waals surface area contributed by atoms with E-state index in [4.69, 9.17) is 0 Å². The largest absolute Gasteiger partial charge is 0.303 e. The monoisotopic (exact) mass is 303 g/mol. The lowest BCUT2D eigenvalue weighted by Crippen LogP contribution is -2.45. The Morgan fingerprint density at radius 2 is 1.86 bits per heavy atom. The second-order valence-electron chi connectivity index (χ2n) is 8.59. The van der Waals surface area contributed by atoms with Crippen LogP contribution in [0.5, 0.6) is 0 Å². The fraction of sp³-hybridized carbons (Fsp3) is 0.700. The third-order valence-electron chi connectivity index (χ3n) is 5.74. The van der Waals surface area contributed by atoms with Gasteiger partial charge in [0.25, 0.3) is 0 Å². The van der Waals surface area contributed by atoms with Crippen LogP contribution < -0.4 is 0 Å². The maximum Gasteiger partial charge on any atom is 0.123 e. The minimum Gasteiger partial charge on any atom is -0.303 e. The van der Waals surface area contributed by atoms with Gasteiger partial charge in [0.1, 0.15) is 5.82 Å². The van der Waals surface area contributed by atoms with E-state index in [0.717, 1.165) is 6.42 Å². The van der Waals surface area contributed by atoms with E-state index < -0.39 is 0 Å². The lowest BCUT2D eigenvalue weighted by Gasteiger charge is -2.46. The summed E-state index contributed by atoms with van der Waals surface area (Å²) in [5.74, 6) is -0.0600. The maximum atomic E-state index is 13.8. The minimum absolute atomic E-state index is 0.0600. The van der Waals surface area contributed by atoms with Crippen molar-refractivity contribution >= 4 is 0 Å². The van der Waals surface area contributed by atoms with Gasteiger partial charge in [0, 0.05) is 0 Å². The van der Waals surface area contributed by atoms with Gasteiger partial charge < -0.3 is 4.90 Å². The molecule has 1 aromatic rings. The predicted molar refractivity (Wildman–Crippen MR) is 90.8 cm³/mol. The lowest BCUT2D eigenvalue weighted by molar-refractivity contribution is 0.131. The summed E-state index contributed by atoms with van der Waals surface area (Å²) < 4.78 is 13.8. The van der Waals surface area contributed by atoms with E-state index in [9.17, 15) is 4.39 Å². The summed E-state index contributed by atoms with van der Waals surface area (Å²) in [5, 5.41) is 0. The second kappa shape index (κ2) is 5.96. The van der Waals surface area contributed by atoms with E-state index in [1.54, 1.807) is 6.07 Å². The molecule has 1 spiro atoms. The minimum atomic E-state index is -0.0600. The van der Waals surface area contributed by atoms with Crippen LogP contribution >= 0.6 is 0 Å². The third kappa shape index (κ3) is 3.37. The van der Waals surface area contributed by atoms with Crippen molar-refractivity contribution in [1.82, 2.24) is 4.90 Å². The van der Waals surface area contributed by atoms with Crippen molar-refractivity contribution in [2.75, 3.05) is 19.6 Å². The first-order valence-corrected chi connectivity index (χ1v) is 8.89. The zero-order valence-electron chi connectivity index (χ0n) is 14.4. The van der Waals surface area contributed by atoms with Crippen molar-refractivity contribution in [3.63, 3.8) is 0 Å². The average molecular weight is 303 g/mol. The van der Waals surface area contributed by atoms with Gasteiger partial charge in [-0.1, -0.05) is 26.8 Å². The topological polar surface area (TPSA) is 3.24 Å². The summed E-state index contributed by atoms with van der Waals surface area (Å²) in [6.07, 6.45) is 7.30. The van der Waals surface area contributed by atoms with Crippen molar-refractivity contribution < 1.29 is 4.39 Å². The van der Waals surface area contributed by atoms with E-state index in [1.807, 2.05) is 12.1 Å². The number of rotatable bonds is 2. The Hall–Kier alpha value is -0.890. The molecule has 1 aliphatic heterocycles. The molecule has 0 radical (unpaired) electrons. The molecule has 2 aliphatic rings. The van der Waals surface area contributed by atoms with Crippen LogP contribution in [-0.4, -0.2) is 24.5 Å². The van der Waals surface area contributed by atoms with Gasteiger partial charge in [-0.25, -0.2) is 4.39 Å². The molecule has 122 valence electrons. The molecular formula is C20H30FN. The van der Waals surface area contributed by atoms with Crippen molar-refractivity contribution in [2.45, 2.75) is 64.7 Å². The Balaban J connectivity index is 1.70. The summed E-state index contributed by atoms with van der Waals surface area (Å²) >= 11 is 0. The van der Waals surface area contributed by atoms with Crippen molar-refractivity contribution in [2.24, 2.45) is 5.41 Å². The van der Waals surface area contributed by atoms with Crippen LogP contribution in [0.2, 0.25) is 0 Å². The number of halogens is 1. The van der Waals surface area contributed by atoms with Crippen LogP contribution in [0.3, 0.4) is 0 Å². The highest BCUT2D eigenvalue weighted by atomic mass is 19.1. The molecule has 0 unspecified atom stereocenters. The third-order valence-corrected chi connectivity index (χ3v) is 5.74. The lowest BCUT2D eigenvalue weighted by atomic mass is 9.65. The number of hydrogen-bond donors (Lipinski definition) is 0. The summed E-state index contributed by atoms with van der Waals surface area (Å²) in [6.45, 7) is 10.5. The van der Waals surface area contributed by atoms with Crippen LogP contribution in [-0.2, 0) is 11.8 Å². The molecule has 1 saturated heterocycles. The van der Waals surface area contributed by atoms with Crippen LogP contribution in [0.15, 0.2) is 18.2 Å². The first kappa shape index (κ1) is 16.0. The quantitative estimate of drug-likeness (QED) is 0.748. The molecule has 1 aromatic carbocycles. The Labute approximate surface area is 134 Å². The van der Waals surface area contributed by atoms with Gasteiger partial charge in [-0.05, 0) is 92.2 Å². The predicted octanol–water partition coefficient (Wildman–Crippen LogP) is 4.93. The molecule has 0 amide bonds. The molecule has 0 N–H and O–H groups in total. The van der Waals surface area contributed by atoms with Gasteiger partial charge >= 0.3 is 0 Å². The Morgan fingerprint density at radius 3 is 2.55 bits per heavy atom. The Bertz CT molecular complexity index is 521. The highest BCUT2D eigenvalue weighted by Crippen LogP contribution is 2.45. The van der Waals surface area contributed by atoms with Gasteiger partial charge in [-0.15, -0.1) is 0 Å². The molecule has 1 aliphatic carbocycles. The van der Waals surface area contributed by atoms with E-state index in [0.29, 0.717) is 5.41 Å². The highest BCUT2D eigenvalue weighted by Gasteiger charge is 2.39. The molecular weight excluding hydrogens is 273 g/mol. The number of benzene rings is 1. The summed E-state index contributed by atoms with van der Waals surface area (Å²) in [4.78, 5) is 2.62. The van der Waals surface area contributed by atoms with Crippen LogP contribution in [0.1, 0.15) is 64.0 Å². The van der Waals surface area contributed by atoms with E-state index in [2.05, 4.69) is 25.7 Å². The molecule has 0 aromatic heterocycles. The standard InChI is InChI=1S/C20H30FN/c1-19(2,3)9-12-22-13-10-20(11-14-22)8-4-5-16-6-7-17(21)15-18(16)20/h6-7,15H,4-5,8-14H2,1-3H3. The number of hydrogen-bond acceptors (Lipinski definition) is 1. The second-order valence-corrected chi connectivity index (χ2v) is 8.59. The summed E-state index contributed by atoms with van der Waals surface area (Å²) in [6, 6.07) is 5.49. The van der Waals surface area contributed by atoms with Crippen LogP contribution in [0, 0.1) is 11.2 Å². The van der Waals surface area contributed by atoms with Gasteiger partial charge in [0.15, 0.2) is 0 Å². The van der Waals surface area contributed by atoms with Crippen molar-refractivity contribution in [3.8, 4) is 0 Å². The smallest absolute Gasteiger partial charge is 0.123 e. The fourth-order valence-electron chi connectivity index (χ4n) is 4.23. The number of nitrogens with zero attached hydrogens (tertiary/aromatic N) is 1. The Morgan fingerprint density at radius 1 is 1.14 bits per heavy atom. The number of aryl methyl sites for hydroxylation is 1. The normalized spacial score (nSPS) is 21.8. The summed E-state index contributed by atoms with van der Waals surface area (Å²) in [7, 11) is 0. The van der Waals surface area contributed by atoms with Crippen LogP contribution in [0.25, 0.3) is 0 Å². The van der Waals surface area contributed by atoms with Gasteiger partial charge in [0.2, 0.25) is 0 Å². The molecule has 1 nitrogen and oxygen atoms in total. The zero-order chi connectivity index (χ0) is 15.8. The maximum absolute atomic E-state index is 13.8. The molecule has 0 atom stereocenters. The van der Waals surface area contributed by atoms with Gasteiger partial charge in [0.05, 0.1) is 0 Å².